The van der Waals surface area contributed by atoms with Crippen molar-refractivity contribution in [1.82, 2.24) is 10.2 Å². The predicted molar refractivity (Wildman–Crippen MR) is 62.6 cm³/mol. The summed E-state index contributed by atoms with van der Waals surface area (Å²) in [5.41, 5.74) is 0. The first kappa shape index (κ1) is 12.0. The molecule has 1 fully saturated rings. The number of hydrogen-bond donors (Lipinski definition) is 1. The molecule has 1 heterocycles. The standard InChI is InChI=1S/C12H26N2/c1-5-11(6-2)14(4)12-9-13-8-7-10(12)3/h10-13H,5-9H2,1-4H3. The molecule has 2 atom stereocenters. The van der Waals surface area contributed by atoms with Crippen molar-refractivity contribution < 1.29 is 0 Å². The van der Waals surface area contributed by atoms with Gasteiger partial charge in [0.15, 0.2) is 0 Å². The number of piperidine rings is 1. The summed E-state index contributed by atoms with van der Waals surface area (Å²) >= 11 is 0. The monoisotopic (exact) mass is 198 g/mol. The summed E-state index contributed by atoms with van der Waals surface area (Å²) in [7, 11) is 2.30. The van der Waals surface area contributed by atoms with Crippen molar-refractivity contribution in [3.05, 3.63) is 0 Å². The van der Waals surface area contributed by atoms with E-state index in [1.807, 2.05) is 0 Å². The smallest absolute Gasteiger partial charge is 0.0246 e. The Bertz CT molecular complexity index is 154. The van der Waals surface area contributed by atoms with Crippen molar-refractivity contribution >= 4 is 0 Å². The lowest BCUT2D eigenvalue weighted by molar-refractivity contribution is 0.102. The highest BCUT2D eigenvalue weighted by Gasteiger charge is 2.27. The van der Waals surface area contributed by atoms with Gasteiger partial charge in [-0.3, -0.25) is 4.90 Å². The molecule has 1 saturated heterocycles. The molecule has 1 N–H and O–H groups in total. The average Bonchev–Trinajstić information content (AvgIpc) is 2.20. The summed E-state index contributed by atoms with van der Waals surface area (Å²) in [6, 6.07) is 1.51. The number of rotatable bonds is 4. The molecule has 1 rings (SSSR count). The fourth-order valence-electron chi connectivity index (χ4n) is 2.65. The number of nitrogens with zero attached hydrogens (tertiary/aromatic N) is 1. The van der Waals surface area contributed by atoms with Gasteiger partial charge in [-0.2, -0.15) is 0 Å². The average molecular weight is 198 g/mol. The van der Waals surface area contributed by atoms with Gasteiger partial charge < -0.3 is 5.32 Å². The molecule has 0 aromatic heterocycles. The van der Waals surface area contributed by atoms with E-state index in [9.17, 15) is 0 Å². The van der Waals surface area contributed by atoms with Crippen LogP contribution in [0.3, 0.4) is 0 Å². The SMILES string of the molecule is CCC(CC)N(C)C1CNCCC1C. The van der Waals surface area contributed by atoms with Crippen LogP contribution in [0.5, 0.6) is 0 Å². The normalized spacial score (nSPS) is 28.7. The molecule has 0 aliphatic carbocycles. The van der Waals surface area contributed by atoms with E-state index in [-0.39, 0.29) is 0 Å². The second-order valence-electron chi connectivity index (χ2n) is 4.67. The maximum absolute atomic E-state index is 3.51. The molecule has 1 aliphatic rings. The molecule has 0 aromatic rings. The van der Waals surface area contributed by atoms with Crippen LogP contribution in [0.2, 0.25) is 0 Å². The summed E-state index contributed by atoms with van der Waals surface area (Å²) in [5.74, 6) is 0.849. The summed E-state index contributed by atoms with van der Waals surface area (Å²) in [6.07, 6.45) is 3.88. The van der Waals surface area contributed by atoms with Crippen molar-refractivity contribution in [2.45, 2.75) is 52.1 Å². The molecule has 0 amide bonds. The molecule has 2 unspecified atom stereocenters. The molecule has 2 nitrogen and oxygen atoms in total. The Morgan fingerprint density at radius 3 is 2.50 bits per heavy atom. The van der Waals surface area contributed by atoms with Crippen LogP contribution in [-0.2, 0) is 0 Å². The lowest BCUT2D eigenvalue weighted by Gasteiger charge is -2.40. The van der Waals surface area contributed by atoms with Gasteiger partial charge in [-0.05, 0) is 38.8 Å². The molecule has 1 aliphatic heterocycles. The van der Waals surface area contributed by atoms with E-state index in [0.717, 1.165) is 18.0 Å². The third kappa shape index (κ3) is 2.71. The van der Waals surface area contributed by atoms with Gasteiger partial charge in [0.2, 0.25) is 0 Å². The lowest BCUT2D eigenvalue weighted by Crippen LogP contribution is -2.52. The highest BCUT2D eigenvalue weighted by atomic mass is 15.2. The van der Waals surface area contributed by atoms with Gasteiger partial charge in [-0.15, -0.1) is 0 Å². The highest BCUT2D eigenvalue weighted by Crippen LogP contribution is 2.20. The van der Waals surface area contributed by atoms with E-state index >= 15 is 0 Å². The van der Waals surface area contributed by atoms with Gasteiger partial charge in [0, 0.05) is 18.6 Å². The second-order valence-corrected chi connectivity index (χ2v) is 4.67. The quantitative estimate of drug-likeness (QED) is 0.744. The van der Waals surface area contributed by atoms with E-state index in [2.05, 4.69) is 38.0 Å². The molecule has 14 heavy (non-hydrogen) atoms. The maximum Gasteiger partial charge on any atom is 0.0246 e. The molecule has 0 radical (unpaired) electrons. The van der Waals surface area contributed by atoms with E-state index in [1.54, 1.807) is 0 Å². The third-order valence-corrected chi connectivity index (χ3v) is 3.83. The van der Waals surface area contributed by atoms with E-state index < -0.39 is 0 Å². The third-order valence-electron chi connectivity index (χ3n) is 3.83. The Balaban J connectivity index is 2.52. The van der Waals surface area contributed by atoms with E-state index in [4.69, 9.17) is 0 Å². The van der Waals surface area contributed by atoms with Gasteiger partial charge in [0.1, 0.15) is 0 Å². The number of nitrogens with one attached hydrogen (secondary N) is 1. The minimum Gasteiger partial charge on any atom is -0.315 e. The van der Waals surface area contributed by atoms with Crippen LogP contribution in [0.1, 0.15) is 40.0 Å². The molecule has 0 aromatic carbocycles. The highest BCUT2D eigenvalue weighted by molar-refractivity contribution is 4.84. The number of likely N-dealkylation sites (N-methyl/N-ethyl adjacent to an activating group) is 1. The van der Waals surface area contributed by atoms with Gasteiger partial charge in [0.25, 0.3) is 0 Å². The van der Waals surface area contributed by atoms with E-state index in [1.165, 1.54) is 32.4 Å². The van der Waals surface area contributed by atoms with Crippen LogP contribution >= 0.6 is 0 Å². The van der Waals surface area contributed by atoms with E-state index in [0.29, 0.717) is 0 Å². The van der Waals surface area contributed by atoms with Crippen LogP contribution in [-0.4, -0.2) is 37.1 Å². The zero-order chi connectivity index (χ0) is 10.6. The fraction of sp³-hybridized carbons (Fsp3) is 1.00. The van der Waals surface area contributed by atoms with Crippen molar-refractivity contribution in [3.8, 4) is 0 Å². The molecule has 0 saturated carbocycles. The fourth-order valence-corrected chi connectivity index (χ4v) is 2.65. The van der Waals surface area contributed by atoms with Crippen molar-refractivity contribution in [2.24, 2.45) is 5.92 Å². The first-order valence-corrected chi connectivity index (χ1v) is 6.13. The van der Waals surface area contributed by atoms with Crippen LogP contribution in [0, 0.1) is 5.92 Å². The lowest BCUT2D eigenvalue weighted by atomic mass is 9.92. The zero-order valence-corrected chi connectivity index (χ0v) is 10.2. The molecule has 0 spiro atoms. The summed E-state index contributed by atoms with van der Waals surface area (Å²) < 4.78 is 0. The summed E-state index contributed by atoms with van der Waals surface area (Å²) in [4.78, 5) is 2.59. The predicted octanol–water partition coefficient (Wildman–Crippen LogP) is 2.10. The summed E-state index contributed by atoms with van der Waals surface area (Å²) in [6.45, 7) is 9.37. The Kier molecular flexibility index (Phi) is 4.90. The van der Waals surface area contributed by atoms with Crippen molar-refractivity contribution in [1.29, 1.82) is 0 Å². The van der Waals surface area contributed by atoms with Gasteiger partial charge in [-0.1, -0.05) is 20.8 Å². The first-order valence-electron chi connectivity index (χ1n) is 6.13. The summed E-state index contributed by atoms with van der Waals surface area (Å²) in [5, 5.41) is 3.51. The zero-order valence-electron chi connectivity index (χ0n) is 10.2. The molecular weight excluding hydrogens is 172 g/mol. The Morgan fingerprint density at radius 1 is 1.36 bits per heavy atom. The molecular formula is C12H26N2. The van der Waals surface area contributed by atoms with Gasteiger partial charge >= 0.3 is 0 Å². The first-order chi connectivity index (χ1) is 6.70. The number of hydrogen-bond acceptors (Lipinski definition) is 2. The van der Waals surface area contributed by atoms with Gasteiger partial charge in [0.05, 0.1) is 0 Å². The van der Waals surface area contributed by atoms with Crippen LogP contribution in [0.4, 0.5) is 0 Å². The second kappa shape index (κ2) is 5.72. The Morgan fingerprint density at radius 2 is 2.00 bits per heavy atom. The molecule has 84 valence electrons. The molecule has 0 bridgehead atoms. The maximum atomic E-state index is 3.51. The topological polar surface area (TPSA) is 15.3 Å². The van der Waals surface area contributed by atoms with Crippen molar-refractivity contribution in [2.75, 3.05) is 20.1 Å². The van der Waals surface area contributed by atoms with Crippen LogP contribution < -0.4 is 5.32 Å². The van der Waals surface area contributed by atoms with Gasteiger partial charge in [-0.25, -0.2) is 0 Å². The largest absolute Gasteiger partial charge is 0.315 e. The molecule has 2 heteroatoms. The van der Waals surface area contributed by atoms with Crippen molar-refractivity contribution in [3.63, 3.8) is 0 Å². The van der Waals surface area contributed by atoms with Crippen LogP contribution in [0.25, 0.3) is 0 Å². The minimum absolute atomic E-state index is 0.744. The Labute approximate surface area is 89.1 Å². The minimum atomic E-state index is 0.744. The van der Waals surface area contributed by atoms with Crippen LogP contribution in [0.15, 0.2) is 0 Å². The Hall–Kier alpha value is -0.0800.